The van der Waals surface area contributed by atoms with Crippen molar-refractivity contribution in [3.63, 3.8) is 0 Å². The number of hydrogen-bond donors (Lipinski definition) is 1. The SMILES string of the molecule is O=C(O)c1ccc2c(n1)C1CCC=C21. The molecule has 0 aromatic carbocycles. The van der Waals surface area contributed by atoms with Gasteiger partial charge in [0.05, 0.1) is 5.69 Å². The Kier molecular flexibility index (Phi) is 1.35. The summed E-state index contributed by atoms with van der Waals surface area (Å²) >= 11 is 0. The lowest BCUT2D eigenvalue weighted by molar-refractivity contribution is 0.0690. The van der Waals surface area contributed by atoms with Crippen LogP contribution in [0.1, 0.15) is 40.5 Å². The van der Waals surface area contributed by atoms with Gasteiger partial charge in [-0.3, -0.25) is 0 Å². The van der Waals surface area contributed by atoms with Crippen LogP contribution in [0.25, 0.3) is 5.57 Å². The predicted octanol–water partition coefficient (Wildman–Crippen LogP) is 2.05. The van der Waals surface area contributed by atoms with Gasteiger partial charge in [-0.15, -0.1) is 0 Å². The highest BCUT2D eigenvalue weighted by atomic mass is 16.4. The monoisotopic (exact) mass is 187 g/mol. The van der Waals surface area contributed by atoms with E-state index in [-0.39, 0.29) is 5.69 Å². The second kappa shape index (κ2) is 2.44. The van der Waals surface area contributed by atoms with Crippen LogP contribution in [0, 0.1) is 0 Å². The van der Waals surface area contributed by atoms with Gasteiger partial charge in [0.2, 0.25) is 0 Å². The quantitative estimate of drug-likeness (QED) is 0.732. The summed E-state index contributed by atoms with van der Waals surface area (Å²) in [5.41, 5.74) is 3.66. The van der Waals surface area contributed by atoms with Gasteiger partial charge in [0, 0.05) is 11.5 Å². The van der Waals surface area contributed by atoms with Crippen molar-refractivity contribution in [3.8, 4) is 0 Å². The molecule has 1 heterocycles. The molecule has 0 bridgehead atoms. The molecule has 1 aromatic heterocycles. The van der Waals surface area contributed by atoms with E-state index in [1.807, 2.05) is 6.07 Å². The first-order valence-electron chi connectivity index (χ1n) is 4.72. The van der Waals surface area contributed by atoms with Gasteiger partial charge in [0.15, 0.2) is 0 Å². The van der Waals surface area contributed by atoms with E-state index in [1.165, 1.54) is 5.57 Å². The molecule has 0 saturated heterocycles. The van der Waals surface area contributed by atoms with E-state index in [1.54, 1.807) is 6.07 Å². The van der Waals surface area contributed by atoms with Gasteiger partial charge in [-0.05, 0) is 24.5 Å². The third-order valence-corrected chi connectivity index (χ3v) is 2.98. The zero-order chi connectivity index (χ0) is 9.71. The van der Waals surface area contributed by atoms with Crippen LogP contribution >= 0.6 is 0 Å². The van der Waals surface area contributed by atoms with Gasteiger partial charge < -0.3 is 5.11 Å². The molecule has 14 heavy (non-hydrogen) atoms. The van der Waals surface area contributed by atoms with Crippen LogP contribution in [-0.2, 0) is 0 Å². The number of hydrogen-bond acceptors (Lipinski definition) is 2. The Morgan fingerprint density at radius 1 is 1.50 bits per heavy atom. The number of rotatable bonds is 1. The van der Waals surface area contributed by atoms with Crippen molar-refractivity contribution in [3.05, 3.63) is 35.2 Å². The molecule has 70 valence electrons. The molecule has 2 aliphatic carbocycles. The summed E-state index contributed by atoms with van der Waals surface area (Å²) in [6, 6.07) is 3.45. The van der Waals surface area contributed by atoms with Crippen LogP contribution in [0.2, 0.25) is 0 Å². The lowest BCUT2D eigenvalue weighted by Gasteiger charge is -2.28. The molecule has 3 nitrogen and oxygen atoms in total. The van der Waals surface area contributed by atoms with Gasteiger partial charge in [0.1, 0.15) is 5.69 Å². The fraction of sp³-hybridized carbons (Fsp3) is 0.273. The molecule has 0 radical (unpaired) electrons. The summed E-state index contributed by atoms with van der Waals surface area (Å²) in [4.78, 5) is 14.9. The van der Waals surface area contributed by atoms with Gasteiger partial charge >= 0.3 is 5.97 Å². The van der Waals surface area contributed by atoms with Crippen molar-refractivity contribution >= 4 is 11.5 Å². The summed E-state index contributed by atoms with van der Waals surface area (Å²) in [7, 11) is 0. The van der Waals surface area contributed by atoms with Crippen LogP contribution in [0.3, 0.4) is 0 Å². The number of pyridine rings is 1. The van der Waals surface area contributed by atoms with Crippen LogP contribution in [0.15, 0.2) is 18.2 Å². The van der Waals surface area contributed by atoms with E-state index in [9.17, 15) is 4.79 Å². The fourth-order valence-electron chi connectivity index (χ4n) is 2.31. The highest BCUT2D eigenvalue weighted by molar-refractivity contribution is 5.89. The van der Waals surface area contributed by atoms with Gasteiger partial charge in [-0.1, -0.05) is 12.1 Å². The lowest BCUT2D eigenvalue weighted by Crippen LogP contribution is -2.17. The first-order valence-corrected chi connectivity index (χ1v) is 4.72. The number of carboxylic acids is 1. The Balaban J connectivity index is 2.11. The molecule has 1 aromatic rings. The summed E-state index contributed by atoms with van der Waals surface area (Å²) < 4.78 is 0. The molecule has 1 N–H and O–H groups in total. The van der Waals surface area contributed by atoms with Crippen molar-refractivity contribution in [1.82, 2.24) is 4.98 Å². The Morgan fingerprint density at radius 3 is 3.14 bits per heavy atom. The molecular weight excluding hydrogens is 178 g/mol. The molecule has 0 saturated carbocycles. The topological polar surface area (TPSA) is 50.2 Å². The fourth-order valence-corrected chi connectivity index (χ4v) is 2.31. The first-order chi connectivity index (χ1) is 6.77. The lowest BCUT2D eigenvalue weighted by atomic mass is 9.78. The highest BCUT2D eigenvalue weighted by Gasteiger charge is 2.36. The molecular formula is C11H9NO2. The Hall–Kier alpha value is -1.64. The zero-order valence-corrected chi connectivity index (χ0v) is 7.53. The molecule has 1 atom stereocenters. The summed E-state index contributed by atoms with van der Waals surface area (Å²) in [5.74, 6) is -0.521. The Morgan fingerprint density at radius 2 is 2.36 bits per heavy atom. The Labute approximate surface area is 81.1 Å². The maximum Gasteiger partial charge on any atom is 0.354 e. The van der Waals surface area contributed by atoms with E-state index in [4.69, 9.17) is 5.11 Å². The third-order valence-electron chi connectivity index (χ3n) is 2.98. The third kappa shape index (κ3) is 0.816. The van der Waals surface area contributed by atoms with E-state index < -0.39 is 5.97 Å². The molecule has 0 fully saturated rings. The minimum Gasteiger partial charge on any atom is -0.477 e. The summed E-state index contributed by atoms with van der Waals surface area (Å²) in [5, 5.41) is 8.79. The van der Waals surface area contributed by atoms with E-state index in [2.05, 4.69) is 11.1 Å². The van der Waals surface area contributed by atoms with Gasteiger partial charge in [-0.2, -0.15) is 0 Å². The average Bonchev–Trinajstić information content (AvgIpc) is 2.57. The average molecular weight is 187 g/mol. The largest absolute Gasteiger partial charge is 0.477 e. The van der Waals surface area contributed by atoms with Gasteiger partial charge in [0.25, 0.3) is 0 Å². The maximum absolute atomic E-state index is 10.7. The van der Waals surface area contributed by atoms with Crippen molar-refractivity contribution in [2.75, 3.05) is 0 Å². The van der Waals surface area contributed by atoms with Crippen LogP contribution in [0.5, 0.6) is 0 Å². The number of nitrogens with zero attached hydrogens (tertiary/aromatic N) is 1. The van der Waals surface area contributed by atoms with Crippen molar-refractivity contribution in [2.45, 2.75) is 18.8 Å². The van der Waals surface area contributed by atoms with Gasteiger partial charge in [-0.25, -0.2) is 9.78 Å². The highest BCUT2D eigenvalue weighted by Crippen LogP contribution is 2.51. The minimum absolute atomic E-state index is 0.162. The zero-order valence-electron chi connectivity index (χ0n) is 7.53. The number of allylic oxidation sites excluding steroid dienone is 2. The normalized spacial score (nSPS) is 22.0. The van der Waals surface area contributed by atoms with Crippen molar-refractivity contribution in [2.24, 2.45) is 0 Å². The molecule has 3 rings (SSSR count). The van der Waals surface area contributed by atoms with Crippen molar-refractivity contribution in [1.29, 1.82) is 0 Å². The number of aromatic carboxylic acids is 1. The molecule has 2 aliphatic rings. The van der Waals surface area contributed by atoms with E-state index in [0.717, 1.165) is 24.1 Å². The van der Waals surface area contributed by atoms with Crippen LogP contribution in [-0.4, -0.2) is 16.1 Å². The Bertz CT molecular complexity index is 462. The second-order valence-corrected chi connectivity index (χ2v) is 3.72. The number of aromatic nitrogens is 1. The molecule has 0 aliphatic heterocycles. The number of carboxylic acid groups (broad SMARTS) is 1. The first kappa shape index (κ1) is 7.74. The van der Waals surface area contributed by atoms with E-state index >= 15 is 0 Å². The van der Waals surface area contributed by atoms with Crippen LogP contribution < -0.4 is 0 Å². The molecule has 1 unspecified atom stereocenters. The standard InChI is InChI=1S/C11H9NO2/c13-11(14)9-5-4-8-6-2-1-3-7(6)10(8)12-9/h2,4-5,7H,1,3H2,(H,13,14). The van der Waals surface area contributed by atoms with Crippen LogP contribution in [0.4, 0.5) is 0 Å². The number of carbonyl (C=O) groups is 1. The molecule has 3 heteroatoms. The number of fused-ring (bicyclic) bond motifs is 4. The van der Waals surface area contributed by atoms with E-state index in [0.29, 0.717) is 5.92 Å². The summed E-state index contributed by atoms with van der Waals surface area (Å²) in [6.45, 7) is 0. The predicted molar refractivity (Wildman–Crippen MR) is 51.1 cm³/mol. The minimum atomic E-state index is -0.941. The smallest absolute Gasteiger partial charge is 0.354 e. The molecule has 0 spiro atoms. The second-order valence-electron chi connectivity index (χ2n) is 3.72. The van der Waals surface area contributed by atoms with Crippen molar-refractivity contribution < 1.29 is 9.90 Å². The maximum atomic E-state index is 10.7. The molecule has 0 amide bonds. The summed E-state index contributed by atoms with van der Waals surface area (Å²) in [6.07, 6.45) is 4.42.